The summed E-state index contributed by atoms with van der Waals surface area (Å²) in [6, 6.07) is 13.5. The predicted octanol–water partition coefficient (Wildman–Crippen LogP) is 2.83. The van der Waals surface area contributed by atoms with Gasteiger partial charge in [-0.3, -0.25) is 19.5 Å². The number of esters is 1. The number of hydrogen-bond acceptors (Lipinski definition) is 7. The third-order valence-corrected chi connectivity index (χ3v) is 6.40. The molecule has 35 heavy (non-hydrogen) atoms. The monoisotopic (exact) mass is 477 g/mol. The highest BCUT2D eigenvalue weighted by molar-refractivity contribution is 6.04. The van der Waals surface area contributed by atoms with Crippen molar-refractivity contribution in [3.05, 3.63) is 64.7 Å². The number of carbonyl (C=O) groups is 2. The van der Waals surface area contributed by atoms with Gasteiger partial charge in [-0.1, -0.05) is 25.1 Å². The van der Waals surface area contributed by atoms with Crippen LogP contribution < -0.4 is 5.32 Å². The molecule has 0 saturated carbocycles. The number of benzene rings is 2. The summed E-state index contributed by atoms with van der Waals surface area (Å²) in [5.74, 6) is -0.306. The lowest BCUT2D eigenvalue weighted by Crippen LogP contribution is -2.41. The van der Waals surface area contributed by atoms with Gasteiger partial charge in [0.15, 0.2) is 0 Å². The zero-order chi connectivity index (χ0) is 24.6. The fourth-order valence-corrected chi connectivity index (χ4v) is 4.25. The maximum atomic E-state index is 12.8. The number of nitrogens with zero attached hydrogens (tertiary/aromatic N) is 4. The van der Waals surface area contributed by atoms with E-state index in [0.717, 1.165) is 56.8 Å². The minimum Gasteiger partial charge on any atom is -0.465 e. The lowest BCUT2D eigenvalue weighted by Gasteiger charge is -2.30. The Balaban J connectivity index is 1.29. The Hall–Kier alpha value is -3.23. The fourth-order valence-electron chi connectivity index (χ4n) is 4.25. The van der Waals surface area contributed by atoms with E-state index in [0.29, 0.717) is 25.3 Å². The smallest absolute Gasteiger partial charge is 0.320 e. The molecule has 1 N–H and O–H groups in total. The van der Waals surface area contributed by atoms with Crippen LogP contribution in [0.1, 0.15) is 40.4 Å². The van der Waals surface area contributed by atoms with Crippen LogP contribution in [-0.4, -0.2) is 85.8 Å². The lowest BCUT2D eigenvalue weighted by molar-refractivity contribution is -0.145. The first-order valence-electron chi connectivity index (χ1n) is 12.4. The topological polar surface area (TPSA) is 77.5 Å². The van der Waals surface area contributed by atoms with Gasteiger partial charge in [0.1, 0.15) is 0 Å². The molecule has 8 heteroatoms. The number of anilines is 1. The summed E-state index contributed by atoms with van der Waals surface area (Å²) in [6.07, 6.45) is 3.52. The van der Waals surface area contributed by atoms with E-state index >= 15 is 0 Å². The van der Waals surface area contributed by atoms with E-state index in [1.807, 2.05) is 55.6 Å². The number of nitrogens with one attached hydrogen (secondary N) is 1. The maximum Gasteiger partial charge on any atom is 0.320 e. The number of carbonyl (C=O) groups excluding carboxylic acids is 2. The van der Waals surface area contributed by atoms with Gasteiger partial charge in [-0.25, -0.2) is 0 Å². The second-order valence-electron chi connectivity index (χ2n) is 9.24. The van der Waals surface area contributed by atoms with Gasteiger partial charge in [0.2, 0.25) is 0 Å². The molecule has 2 aliphatic heterocycles. The van der Waals surface area contributed by atoms with Crippen molar-refractivity contribution in [1.82, 2.24) is 14.8 Å². The first kappa shape index (κ1) is 24.9. The molecular formula is C27H35N5O3. The highest BCUT2D eigenvalue weighted by Gasteiger charge is 2.20. The number of piperazine rings is 1. The van der Waals surface area contributed by atoms with E-state index in [2.05, 4.69) is 32.3 Å². The van der Waals surface area contributed by atoms with Crippen molar-refractivity contribution in [2.24, 2.45) is 5.10 Å². The van der Waals surface area contributed by atoms with E-state index in [1.54, 1.807) is 0 Å². The average Bonchev–Trinajstić information content (AvgIpc) is 2.87. The summed E-state index contributed by atoms with van der Waals surface area (Å²) in [4.78, 5) is 29.1. The number of fused-ring (bicyclic) bond motifs is 1. The van der Waals surface area contributed by atoms with Gasteiger partial charge in [-0.15, -0.1) is 0 Å². The van der Waals surface area contributed by atoms with Crippen LogP contribution in [0.15, 0.2) is 47.6 Å². The Bertz CT molecular complexity index is 1050. The molecular weight excluding hydrogens is 442 g/mol. The van der Waals surface area contributed by atoms with Crippen LogP contribution in [0.3, 0.4) is 0 Å². The highest BCUT2D eigenvalue weighted by Crippen LogP contribution is 2.23. The summed E-state index contributed by atoms with van der Waals surface area (Å²) < 4.78 is 5.20. The van der Waals surface area contributed by atoms with Crippen LogP contribution in [0.2, 0.25) is 0 Å². The fraction of sp³-hybridized carbons (Fsp3) is 0.444. The average molecular weight is 478 g/mol. The number of amides is 1. The quantitative estimate of drug-likeness (QED) is 0.465. The Kier molecular flexibility index (Phi) is 8.50. The lowest BCUT2D eigenvalue weighted by atomic mass is 9.99. The molecule has 0 bridgehead atoms. The molecule has 2 aromatic rings. The second-order valence-corrected chi connectivity index (χ2v) is 9.24. The minimum absolute atomic E-state index is 0.136. The number of likely N-dealkylation sites (N-methyl/N-ethyl adjacent to an activating group) is 1. The van der Waals surface area contributed by atoms with Crippen LogP contribution >= 0.6 is 0 Å². The van der Waals surface area contributed by atoms with Crippen LogP contribution in [0.25, 0.3) is 0 Å². The number of rotatable bonds is 8. The Morgan fingerprint density at radius 1 is 1.03 bits per heavy atom. The Labute approximate surface area is 207 Å². The van der Waals surface area contributed by atoms with Gasteiger partial charge in [0, 0.05) is 50.5 Å². The SMILES string of the molecule is CCCOC(=O)CN1CCc2cc(NC(=O)c3ccc(/C=N/N4CCN(C)CC4)cc3)ccc2C1. The normalized spacial score (nSPS) is 16.8. The van der Waals surface area contributed by atoms with Gasteiger partial charge in [0.25, 0.3) is 5.91 Å². The van der Waals surface area contributed by atoms with E-state index < -0.39 is 0 Å². The first-order valence-corrected chi connectivity index (χ1v) is 12.4. The van der Waals surface area contributed by atoms with Crippen molar-refractivity contribution in [2.45, 2.75) is 26.3 Å². The van der Waals surface area contributed by atoms with Crippen molar-refractivity contribution >= 4 is 23.8 Å². The largest absolute Gasteiger partial charge is 0.465 e. The standard InChI is InChI=1S/C27H35N5O3/c1-3-16-35-26(33)20-31-11-10-23-17-25(9-8-24(23)19-31)29-27(34)22-6-4-21(5-7-22)18-28-32-14-12-30(2)13-15-32/h4-9,17-18H,3,10-16,19-20H2,1-2H3,(H,29,34)/b28-18+. The van der Waals surface area contributed by atoms with Crippen molar-refractivity contribution in [3.63, 3.8) is 0 Å². The molecule has 0 unspecified atom stereocenters. The molecule has 8 nitrogen and oxygen atoms in total. The van der Waals surface area contributed by atoms with Crippen molar-refractivity contribution in [3.8, 4) is 0 Å². The number of hydrogen-bond donors (Lipinski definition) is 1. The summed E-state index contributed by atoms with van der Waals surface area (Å²) >= 11 is 0. The molecule has 1 fully saturated rings. The molecule has 186 valence electrons. The van der Waals surface area contributed by atoms with Crippen molar-refractivity contribution in [1.29, 1.82) is 0 Å². The van der Waals surface area contributed by atoms with Crippen LogP contribution in [0, 0.1) is 0 Å². The molecule has 1 saturated heterocycles. The zero-order valence-corrected chi connectivity index (χ0v) is 20.7. The molecule has 0 spiro atoms. The summed E-state index contributed by atoms with van der Waals surface area (Å²) in [7, 11) is 2.12. The van der Waals surface area contributed by atoms with Gasteiger partial charge in [0.05, 0.1) is 19.4 Å². The Morgan fingerprint density at radius 2 is 1.80 bits per heavy atom. The highest BCUT2D eigenvalue weighted by atomic mass is 16.5. The molecule has 2 heterocycles. The molecule has 0 radical (unpaired) electrons. The molecule has 2 aromatic carbocycles. The molecule has 4 rings (SSSR count). The second kappa shape index (κ2) is 12.0. The van der Waals surface area contributed by atoms with E-state index in [4.69, 9.17) is 4.74 Å². The van der Waals surface area contributed by atoms with Crippen LogP contribution in [0.4, 0.5) is 5.69 Å². The third kappa shape index (κ3) is 7.13. The van der Waals surface area contributed by atoms with E-state index in [-0.39, 0.29) is 11.9 Å². The van der Waals surface area contributed by atoms with E-state index in [9.17, 15) is 9.59 Å². The maximum absolute atomic E-state index is 12.8. The van der Waals surface area contributed by atoms with Crippen LogP contribution in [0.5, 0.6) is 0 Å². The Morgan fingerprint density at radius 3 is 2.54 bits per heavy atom. The van der Waals surface area contributed by atoms with Gasteiger partial charge in [-0.05, 0) is 60.8 Å². The zero-order valence-electron chi connectivity index (χ0n) is 20.7. The summed E-state index contributed by atoms with van der Waals surface area (Å²) in [5.41, 5.74) is 4.75. The predicted molar refractivity (Wildman–Crippen MR) is 138 cm³/mol. The number of ether oxygens (including phenoxy) is 1. The van der Waals surface area contributed by atoms with Crippen molar-refractivity contribution in [2.75, 3.05) is 58.2 Å². The minimum atomic E-state index is -0.171. The molecule has 2 aliphatic rings. The van der Waals surface area contributed by atoms with Gasteiger partial charge >= 0.3 is 5.97 Å². The van der Waals surface area contributed by atoms with Gasteiger partial charge in [-0.2, -0.15) is 5.10 Å². The van der Waals surface area contributed by atoms with E-state index in [1.165, 1.54) is 11.1 Å². The van der Waals surface area contributed by atoms with Crippen molar-refractivity contribution < 1.29 is 14.3 Å². The molecule has 0 aliphatic carbocycles. The summed E-state index contributed by atoms with van der Waals surface area (Å²) in [6.45, 7) is 8.17. The molecule has 0 aromatic heterocycles. The van der Waals surface area contributed by atoms with Gasteiger partial charge < -0.3 is 15.0 Å². The third-order valence-electron chi connectivity index (χ3n) is 6.40. The molecule has 1 amide bonds. The number of hydrazone groups is 1. The first-order chi connectivity index (χ1) is 17.0. The summed E-state index contributed by atoms with van der Waals surface area (Å²) in [5, 5.41) is 9.64. The van der Waals surface area contributed by atoms with Crippen LogP contribution in [-0.2, 0) is 22.5 Å². The molecule has 0 atom stereocenters.